The Hall–Kier alpha value is -1.66. The molecule has 1 N–H and O–H groups in total. The van der Waals surface area contributed by atoms with Gasteiger partial charge in [-0.1, -0.05) is 0 Å². The zero-order chi connectivity index (χ0) is 12.7. The van der Waals surface area contributed by atoms with Crippen molar-refractivity contribution >= 4 is 44.7 Å². The fraction of sp³-hybridized carbons (Fsp3) is 0.182. The van der Waals surface area contributed by atoms with Crippen molar-refractivity contribution in [3.05, 3.63) is 28.6 Å². The minimum absolute atomic E-state index is 0.244. The predicted molar refractivity (Wildman–Crippen MR) is 73.7 cm³/mol. The van der Waals surface area contributed by atoms with Gasteiger partial charge in [0.05, 0.1) is 16.8 Å². The lowest BCUT2D eigenvalue weighted by atomic mass is 10.3. The summed E-state index contributed by atoms with van der Waals surface area (Å²) in [5, 5.41) is 10.7. The molecule has 3 aromatic rings. The summed E-state index contributed by atoms with van der Waals surface area (Å²) in [6.07, 6.45) is 1.91. The van der Waals surface area contributed by atoms with Gasteiger partial charge in [-0.25, -0.2) is 4.98 Å². The molecule has 0 aliphatic heterocycles. The van der Waals surface area contributed by atoms with Crippen molar-refractivity contribution in [3.63, 3.8) is 0 Å². The second-order valence-corrected chi connectivity index (χ2v) is 5.14. The van der Waals surface area contributed by atoms with E-state index in [0.717, 1.165) is 21.6 Å². The van der Waals surface area contributed by atoms with Crippen molar-refractivity contribution in [2.45, 2.75) is 6.92 Å². The third-order valence-corrected chi connectivity index (χ3v) is 3.54. The number of nitrogens with zero attached hydrogens (tertiary/aromatic N) is 4. The average Bonchev–Trinajstić information content (AvgIpc) is 2.86. The van der Waals surface area contributed by atoms with Crippen LogP contribution < -0.4 is 5.32 Å². The Bertz CT molecular complexity index is 717. The Morgan fingerprint density at radius 1 is 1.39 bits per heavy atom. The van der Waals surface area contributed by atoms with Gasteiger partial charge in [-0.2, -0.15) is 10.1 Å². The van der Waals surface area contributed by atoms with Gasteiger partial charge >= 0.3 is 0 Å². The molecule has 3 heterocycles. The minimum atomic E-state index is 0.244. The van der Waals surface area contributed by atoms with Crippen molar-refractivity contribution in [3.8, 4) is 0 Å². The smallest absolute Gasteiger partial charge is 0.225 e. The van der Waals surface area contributed by atoms with Crippen LogP contribution in [0.5, 0.6) is 0 Å². The number of anilines is 2. The maximum Gasteiger partial charge on any atom is 0.225 e. The molecule has 0 bridgehead atoms. The lowest BCUT2D eigenvalue weighted by Gasteiger charge is -2.05. The number of aromatic nitrogens is 4. The molecule has 5 nitrogen and oxygen atoms in total. The van der Waals surface area contributed by atoms with Crippen LogP contribution >= 0.6 is 22.9 Å². The van der Waals surface area contributed by atoms with E-state index in [0.29, 0.717) is 5.82 Å². The minimum Gasteiger partial charge on any atom is -0.337 e. The van der Waals surface area contributed by atoms with E-state index in [9.17, 15) is 0 Å². The second-order valence-electron chi connectivity index (χ2n) is 3.91. The van der Waals surface area contributed by atoms with Crippen LogP contribution in [0.2, 0.25) is 5.28 Å². The third kappa shape index (κ3) is 1.93. The largest absolute Gasteiger partial charge is 0.337 e. The van der Waals surface area contributed by atoms with Crippen molar-refractivity contribution in [1.82, 2.24) is 19.7 Å². The van der Waals surface area contributed by atoms with E-state index in [1.165, 1.54) is 11.3 Å². The van der Waals surface area contributed by atoms with Crippen molar-refractivity contribution in [2.75, 3.05) is 5.32 Å². The van der Waals surface area contributed by atoms with Gasteiger partial charge < -0.3 is 5.32 Å². The first-order valence-electron chi connectivity index (χ1n) is 5.31. The number of aryl methyl sites for hydroxylation is 2. The van der Waals surface area contributed by atoms with Crippen LogP contribution in [-0.2, 0) is 7.05 Å². The molecule has 0 saturated heterocycles. The molecule has 0 atom stereocenters. The molecule has 0 saturated carbocycles. The van der Waals surface area contributed by atoms with E-state index in [2.05, 4.69) is 20.4 Å². The molecule has 3 aromatic heterocycles. The number of thiophene rings is 1. The molecule has 0 aliphatic carbocycles. The van der Waals surface area contributed by atoms with Gasteiger partial charge in [0.15, 0.2) is 0 Å². The zero-order valence-corrected chi connectivity index (χ0v) is 11.4. The number of hydrogen-bond donors (Lipinski definition) is 1. The SMILES string of the molecule is Cc1nn(C)cc1Nc1nc(Cl)nc2sccc12. The predicted octanol–water partition coefficient (Wildman–Crippen LogP) is 3.13. The Morgan fingerprint density at radius 3 is 2.94 bits per heavy atom. The Kier molecular flexibility index (Phi) is 2.68. The highest BCUT2D eigenvalue weighted by Gasteiger charge is 2.10. The molecule has 0 spiro atoms. The van der Waals surface area contributed by atoms with Gasteiger partial charge in [0.1, 0.15) is 10.6 Å². The van der Waals surface area contributed by atoms with Crippen LogP contribution in [0.15, 0.2) is 17.6 Å². The Balaban J connectivity index is 2.09. The first-order valence-corrected chi connectivity index (χ1v) is 6.57. The van der Waals surface area contributed by atoms with Gasteiger partial charge in [0.2, 0.25) is 5.28 Å². The van der Waals surface area contributed by atoms with Crippen LogP contribution in [0.25, 0.3) is 10.2 Å². The highest BCUT2D eigenvalue weighted by Crippen LogP contribution is 2.29. The van der Waals surface area contributed by atoms with Crippen molar-refractivity contribution in [1.29, 1.82) is 0 Å². The van der Waals surface area contributed by atoms with Crippen molar-refractivity contribution < 1.29 is 0 Å². The summed E-state index contributed by atoms with van der Waals surface area (Å²) in [5.41, 5.74) is 1.83. The van der Waals surface area contributed by atoms with Crippen LogP contribution in [0, 0.1) is 6.92 Å². The van der Waals surface area contributed by atoms with E-state index in [-0.39, 0.29) is 5.28 Å². The maximum absolute atomic E-state index is 5.92. The van der Waals surface area contributed by atoms with Crippen molar-refractivity contribution in [2.24, 2.45) is 7.05 Å². The summed E-state index contributed by atoms with van der Waals surface area (Å²) in [6.45, 7) is 1.94. The molecular formula is C11H10ClN5S. The fourth-order valence-electron chi connectivity index (χ4n) is 1.77. The van der Waals surface area contributed by atoms with Gasteiger partial charge in [-0.3, -0.25) is 4.68 Å². The molecule has 3 rings (SSSR count). The highest BCUT2D eigenvalue weighted by molar-refractivity contribution is 7.16. The molecule has 7 heteroatoms. The molecule has 0 unspecified atom stereocenters. The average molecular weight is 280 g/mol. The van der Waals surface area contributed by atoms with Gasteiger partial charge in [0, 0.05) is 13.2 Å². The van der Waals surface area contributed by atoms with E-state index in [1.807, 2.05) is 31.6 Å². The van der Waals surface area contributed by atoms with E-state index >= 15 is 0 Å². The van der Waals surface area contributed by atoms with Gasteiger partial charge in [0.25, 0.3) is 0 Å². The first-order chi connectivity index (χ1) is 8.63. The zero-order valence-electron chi connectivity index (χ0n) is 9.81. The summed E-state index contributed by atoms with van der Waals surface area (Å²) in [7, 11) is 1.88. The third-order valence-electron chi connectivity index (χ3n) is 2.56. The normalized spacial score (nSPS) is 11.1. The van der Waals surface area contributed by atoms with E-state index < -0.39 is 0 Å². The Morgan fingerprint density at radius 2 is 2.22 bits per heavy atom. The number of rotatable bonds is 2. The number of nitrogens with one attached hydrogen (secondary N) is 1. The first kappa shape index (κ1) is 11.4. The summed E-state index contributed by atoms with van der Waals surface area (Å²) < 4.78 is 1.76. The molecular weight excluding hydrogens is 270 g/mol. The van der Waals surface area contributed by atoms with E-state index in [1.54, 1.807) is 4.68 Å². The standard InChI is InChI=1S/C11H10ClN5S/c1-6-8(5-17(2)16-6)13-9-7-3-4-18-10(7)15-11(12)14-9/h3-5H,1-2H3,(H,13,14,15). The Labute approximate surface area is 112 Å². The lowest BCUT2D eigenvalue weighted by Crippen LogP contribution is -1.96. The quantitative estimate of drug-likeness (QED) is 0.732. The van der Waals surface area contributed by atoms with E-state index in [4.69, 9.17) is 11.6 Å². The molecule has 0 fully saturated rings. The summed E-state index contributed by atoms with van der Waals surface area (Å²) in [6, 6.07) is 1.98. The maximum atomic E-state index is 5.92. The van der Waals surface area contributed by atoms with Crippen LogP contribution in [0.4, 0.5) is 11.5 Å². The fourth-order valence-corrected chi connectivity index (χ4v) is 2.76. The molecule has 18 heavy (non-hydrogen) atoms. The second kappa shape index (κ2) is 4.22. The summed E-state index contributed by atoms with van der Waals surface area (Å²) >= 11 is 7.45. The summed E-state index contributed by atoms with van der Waals surface area (Å²) in [4.78, 5) is 9.28. The molecule has 92 valence electrons. The van der Waals surface area contributed by atoms with Gasteiger partial charge in [-0.15, -0.1) is 11.3 Å². The highest BCUT2D eigenvalue weighted by atomic mass is 35.5. The number of fused-ring (bicyclic) bond motifs is 1. The number of halogens is 1. The molecule has 0 aliphatic rings. The molecule has 0 radical (unpaired) electrons. The monoisotopic (exact) mass is 279 g/mol. The number of hydrogen-bond acceptors (Lipinski definition) is 5. The lowest BCUT2D eigenvalue weighted by molar-refractivity contribution is 0.756. The van der Waals surface area contributed by atoms with Crippen LogP contribution in [0.1, 0.15) is 5.69 Å². The van der Waals surface area contributed by atoms with Gasteiger partial charge in [-0.05, 0) is 30.0 Å². The molecule has 0 aromatic carbocycles. The topological polar surface area (TPSA) is 55.6 Å². The molecule has 0 amide bonds. The van der Waals surface area contributed by atoms with Crippen LogP contribution in [-0.4, -0.2) is 19.7 Å². The van der Waals surface area contributed by atoms with Crippen LogP contribution in [0.3, 0.4) is 0 Å². The summed E-state index contributed by atoms with van der Waals surface area (Å²) in [5.74, 6) is 0.711.